The van der Waals surface area contributed by atoms with Gasteiger partial charge in [0.15, 0.2) is 0 Å². The number of hydrogen-bond acceptors (Lipinski definition) is 2. The van der Waals surface area contributed by atoms with E-state index in [1.165, 1.54) is 0 Å². The van der Waals surface area contributed by atoms with Gasteiger partial charge in [-0.05, 0) is 11.1 Å². The van der Waals surface area contributed by atoms with Crippen molar-refractivity contribution in [3.8, 4) is 0 Å². The number of carbonyl (C=O) groups is 1. The number of carbonyl (C=O) groups excluding carboxylic acids is 1. The molecule has 0 bridgehead atoms. The second-order valence-corrected chi connectivity index (χ2v) is 4.15. The molecule has 0 aliphatic carbocycles. The molecule has 0 heterocycles. The van der Waals surface area contributed by atoms with Crippen LogP contribution in [0.25, 0.3) is 0 Å². The van der Waals surface area contributed by atoms with Gasteiger partial charge in [0.2, 0.25) is 0 Å². The maximum Gasteiger partial charge on any atom is 0.129 e. The Morgan fingerprint density at radius 2 is 1.56 bits per heavy atom. The molecule has 18 heavy (non-hydrogen) atoms. The topological polar surface area (TPSA) is 26.3 Å². The molecule has 2 aromatic carbocycles. The number of ether oxygens (including phenoxy) is 1. The molecule has 2 heteroatoms. The molecule has 2 rings (SSSR count). The van der Waals surface area contributed by atoms with Crippen molar-refractivity contribution in [1.29, 1.82) is 0 Å². The molecular weight excluding hydrogens is 224 g/mol. The van der Waals surface area contributed by atoms with Gasteiger partial charge in [-0.15, -0.1) is 0 Å². The molecule has 0 aromatic heterocycles. The predicted octanol–water partition coefficient (Wildman–Crippen LogP) is 3.19. The summed E-state index contributed by atoms with van der Waals surface area (Å²) in [7, 11) is 0. The standard InChI is InChI=1S/C16H16O2/c17-11-16(15-9-5-2-6-10-15)13-18-12-14-7-3-1-4-8-14/h1-11,16H,12-13H2. The zero-order valence-corrected chi connectivity index (χ0v) is 10.2. The molecule has 1 atom stereocenters. The minimum atomic E-state index is -0.185. The highest BCUT2D eigenvalue weighted by atomic mass is 16.5. The maximum atomic E-state index is 11.1. The molecular formula is C16H16O2. The lowest BCUT2D eigenvalue weighted by Gasteiger charge is -2.11. The molecule has 0 radical (unpaired) electrons. The Hall–Kier alpha value is -1.93. The lowest BCUT2D eigenvalue weighted by Crippen LogP contribution is -2.09. The first-order valence-electron chi connectivity index (χ1n) is 6.02. The van der Waals surface area contributed by atoms with Crippen molar-refractivity contribution < 1.29 is 9.53 Å². The van der Waals surface area contributed by atoms with Crippen LogP contribution in [0.5, 0.6) is 0 Å². The van der Waals surface area contributed by atoms with E-state index in [9.17, 15) is 4.79 Å². The third kappa shape index (κ3) is 3.54. The number of rotatable bonds is 6. The van der Waals surface area contributed by atoms with Crippen LogP contribution in [-0.4, -0.2) is 12.9 Å². The average Bonchev–Trinajstić information content (AvgIpc) is 2.46. The van der Waals surface area contributed by atoms with Gasteiger partial charge < -0.3 is 9.53 Å². The summed E-state index contributed by atoms with van der Waals surface area (Å²) in [5, 5.41) is 0. The second kappa shape index (κ2) is 6.72. The molecule has 0 fully saturated rings. The first-order valence-corrected chi connectivity index (χ1v) is 6.02. The van der Waals surface area contributed by atoms with Gasteiger partial charge in [-0.2, -0.15) is 0 Å². The highest BCUT2D eigenvalue weighted by Crippen LogP contribution is 2.14. The third-order valence-corrected chi connectivity index (χ3v) is 2.80. The minimum Gasteiger partial charge on any atom is -0.376 e. The van der Waals surface area contributed by atoms with Crippen LogP contribution < -0.4 is 0 Å². The van der Waals surface area contributed by atoms with E-state index in [0.29, 0.717) is 13.2 Å². The van der Waals surface area contributed by atoms with E-state index in [0.717, 1.165) is 17.4 Å². The van der Waals surface area contributed by atoms with Crippen molar-refractivity contribution in [2.45, 2.75) is 12.5 Å². The van der Waals surface area contributed by atoms with Gasteiger partial charge in [0.1, 0.15) is 6.29 Å². The molecule has 1 unspecified atom stereocenters. The highest BCUT2D eigenvalue weighted by molar-refractivity contribution is 5.62. The molecule has 0 amide bonds. The third-order valence-electron chi connectivity index (χ3n) is 2.80. The summed E-state index contributed by atoms with van der Waals surface area (Å²) in [4.78, 5) is 11.1. The van der Waals surface area contributed by atoms with Crippen LogP contribution in [0.1, 0.15) is 17.0 Å². The SMILES string of the molecule is O=CC(COCc1ccccc1)c1ccccc1. The van der Waals surface area contributed by atoms with Crippen molar-refractivity contribution >= 4 is 6.29 Å². The number of benzene rings is 2. The summed E-state index contributed by atoms with van der Waals surface area (Å²) < 4.78 is 5.60. The number of hydrogen-bond donors (Lipinski definition) is 0. The predicted molar refractivity (Wildman–Crippen MR) is 71.3 cm³/mol. The van der Waals surface area contributed by atoms with Crippen LogP contribution in [0.15, 0.2) is 60.7 Å². The van der Waals surface area contributed by atoms with Gasteiger partial charge in [-0.25, -0.2) is 0 Å². The Bertz CT molecular complexity index is 465. The molecule has 2 nitrogen and oxygen atoms in total. The van der Waals surface area contributed by atoms with E-state index in [1.807, 2.05) is 60.7 Å². The monoisotopic (exact) mass is 240 g/mol. The first-order chi connectivity index (χ1) is 8.90. The zero-order chi connectivity index (χ0) is 12.6. The number of aldehydes is 1. The zero-order valence-electron chi connectivity index (χ0n) is 10.2. The Labute approximate surface area is 107 Å². The maximum absolute atomic E-state index is 11.1. The Morgan fingerprint density at radius 1 is 0.944 bits per heavy atom. The van der Waals surface area contributed by atoms with Gasteiger partial charge in [0.25, 0.3) is 0 Å². The van der Waals surface area contributed by atoms with Crippen LogP contribution >= 0.6 is 0 Å². The van der Waals surface area contributed by atoms with Crippen LogP contribution in [-0.2, 0) is 16.1 Å². The summed E-state index contributed by atoms with van der Waals surface area (Å²) >= 11 is 0. The van der Waals surface area contributed by atoms with Gasteiger partial charge in [0.05, 0.1) is 19.1 Å². The van der Waals surface area contributed by atoms with Crippen LogP contribution in [0.4, 0.5) is 0 Å². The fourth-order valence-electron chi connectivity index (χ4n) is 1.79. The average molecular weight is 240 g/mol. The molecule has 0 saturated carbocycles. The summed E-state index contributed by atoms with van der Waals surface area (Å²) in [6.07, 6.45) is 0.945. The molecule has 2 aromatic rings. The second-order valence-electron chi connectivity index (χ2n) is 4.15. The quantitative estimate of drug-likeness (QED) is 0.725. The van der Waals surface area contributed by atoms with E-state index >= 15 is 0 Å². The van der Waals surface area contributed by atoms with Gasteiger partial charge in [0, 0.05) is 0 Å². The normalized spacial score (nSPS) is 12.0. The van der Waals surface area contributed by atoms with Crippen LogP contribution in [0.2, 0.25) is 0 Å². The van der Waals surface area contributed by atoms with E-state index in [2.05, 4.69) is 0 Å². The van der Waals surface area contributed by atoms with Gasteiger partial charge in [-0.1, -0.05) is 60.7 Å². The summed E-state index contributed by atoms with van der Waals surface area (Å²) in [5.41, 5.74) is 2.12. The van der Waals surface area contributed by atoms with E-state index < -0.39 is 0 Å². The largest absolute Gasteiger partial charge is 0.376 e. The Morgan fingerprint density at radius 3 is 2.17 bits per heavy atom. The summed E-state index contributed by atoms with van der Waals surface area (Å²) in [6.45, 7) is 0.959. The first kappa shape index (κ1) is 12.5. The smallest absolute Gasteiger partial charge is 0.129 e. The fourth-order valence-corrected chi connectivity index (χ4v) is 1.79. The molecule has 92 valence electrons. The molecule has 0 aliphatic heterocycles. The van der Waals surface area contributed by atoms with Crippen molar-refractivity contribution in [3.05, 3.63) is 71.8 Å². The molecule has 0 saturated heterocycles. The molecule has 0 aliphatic rings. The van der Waals surface area contributed by atoms with Crippen molar-refractivity contribution in [2.24, 2.45) is 0 Å². The lowest BCUT2D eigenvalue weighted by molar-refractivity contribution is -0.110. The van der Waals surface area contributed by atoms with E-state index in [-0.39, 0.29) is 5.92 Å². The van der Waals surface area contributed by atoms with Crippen LogP contribution in [0, 0.1) is 0 Å². The highest BCUT2D eigenvalue weighted by Gasteiger charge is 2.09. The molecule has 0 N–H and O–H groups in total. The van der Waals surface area contributed by atoms with Gasteiger partial charge in [-0.3, -0.25) is 0 Å². The summed E-state index contributed by atoms with van der Waals surface area (Å²) in [6, 6.07) is 19.7. The summed E-state index contributed by atoms with van der Waals surface area (Å²) in [5.74, 6) is -0.185. The van der Waals surface area contributed by atoms with Crippen molar-refractivity contribution in [2.75, 3.05) is 6.61 Å². The van der Waals surface area contributed by atoms with E-state index in [4.69, 9.17) is 4.74 Å². The van der Waals surface area contributed by atoms with E-state index in [1.54, 1.807) is 0 Å². The lowest BCUT2D eigenvalue weighted by atomic mass is 10.0. The minimum absolute atomic E-state index is 0.185. The Kier molecular flexibility index (Phi) is 4.68. The Balaban J connectivity index is 1.87. The fraction of sp³-hybridized carbons (Fsp3) is 0.188. The van der Waals surface area contributed by atoms with Crippen LogP contribution in [0.3, 0.4) is 0 Å². The van der Waals surface area contributed by atoms with Gasteiger partial charge >= 0.3 is 0 Å². The molecule has 0 spiro atoms. The van der Waals surface area contributed by atoms with Crippen molar-refractivity contribution in [3.63, 3.8) is 0 Å². The van der Waals surface area contributed by atoms with Crippen molar-refractivity contribution in [1.82, 2.24) is 0 Å².